The fourth-order valence-corrected chi connectivity index (χ4v) is 2.64. The minimum Gasteiger partial charge on any atom is -0.409 e. The van der Waals surface area contributed by atoms with Crippen LogP contribution >= 0.6 is 15.9 Å². The number of halogens is 2. The second kappa shape index (κ2) is 6.58. The third kappa shape index (κ3) is 3.33. The molecule has 2 aromatic carbocycles. The number of anilines is 2. The van der Waals surface area contributed by atoms with Gasteiger partial charge in [0.1, 0.15) is 5.82 Å². The molecule has 0 saturated carbocycles. The van der Waals surface area contributed by atoms with Crippen LogP contribution in [0.25, 0.3) is 0 Å². The number of amidine groups is 1. The van der Waals surface area contributed by atoms with Crippen LogP contribution in [0.15, 0.2) is 52.1 Å². The lowest BCUT2D eigenvalue weighted by Crippen LogP contribution is -2.17. The minimum absolute atomic E-state index is 0.0401. The van der Waals surface area contributed by atoms with E-state index in [2.05, 4.69) is 21.1 Å². The number of rotatable bonds is 4. The largest absolute Gasteiger partial charge is 0.409 e. The summed E-state index contributed by atoms with van der Waals surface area (Å²) >= 11 is 3.41. The van der Waals surface area contributed by atoms with E-state index in [0.29, 0.717) is 5.56 Å². The summed E-state index contributed by atoms with van der Waals surface area (Å²) in [5.41, 5.74) is 8.02. The zero-order chi connectivity index (χ0) is 15.4. The Kier molecular flexibility index (Phi) is 4.80. The number of nitrogens with zero attached hydrogens (tertiary/aromatic N) is 2. The highest BCUT2D eigenvalue weighted by Gasteiger charge is 2.11. The van der Waals surface area contributed by atoms with Crippen LogP contribution in [-0.2, 0) is 0 Å². The van der Waals surface area contributed by atoms with Gasteiger partial charge in [0.25, 0.3) is 0 Å². The average Bonchev–Trinajstić information content (AvgIpc) is 2.49. The minimum atomic E-state index is -0.265. The molecule has 0 saturated heterocycles. The molecule has 0 aliphatic carbocycles. The zero-order valence-corrected chi connectivity index (χ0v) is 13.0. The van der Waals surface area contributed by atoms with Crippen molar-refractivity contribution in [2.24, 2.45) is 10.9 Å². The van der Waals surface area contributed by atoms with Gasteiger partial charge in [0.05, 0.1) is 0 Å². The lowest BCUT2D eigenvalue weighted by molar-refractivity contribution is 0.318. The summed E-state index contributed by atoms with van der Waals surface area (Å²) in [4.78, 5) is 2.03. The summed E-state index contributed by atoms with van der Waals surface area (Å²) in [6.07, 6.45) is 0. The molecule has 0 unspecified atom stereocenters. The average molecular weight is 352 g/mol. The number of nitrogens with two attached hydrogens (primary N) is 1. The first-order valence-corrected chi connectivity index (χ1v) is 7.16. The van der Waals surface area contributed by atoms with Gasteiger partial charge in [0.15, 0.2) is 5.84 Å². The van der Waals surface area contributed by atoms with Crippen LogP contribution in [0.5, 0.6) is 0 Å². The molecular weight excluding hydrogens is 337 g/mol. The van der Waals surface area contributed by atoms with Crippen LogP contribution in [0.4, 0.5) is 15.8 Å². The van der Waals surface area contributed by atoms with Crippen LogP contribution in [0.1, 0.15) is 12.5 Å². The molecule has 0 bridgehead atoms. The van der Waals surface area contributed by atoms with E-state index in [9.17, 15) is 4.39 Å². The number of oxime groups is 1. The van der Waals surface area contributed by atoms with Crippen molar-refractivity contribution >= 4 is 33.1 Å². The van der Waals surface area contributed by atoms with Gasteiger partial charge < -0.3 is 15.8 Å². The van der Waals surface area contributed by atoms with Crippen LogP contribution in [-0.4, -0.2) is 17.6 Å². The predicted molar refractivity (Wildman–Crippen MR) is 85.7 cm³/mol. The molecular formula is C15H15BrFN3O. The predicted octanol–water partition coefficient (Wildman–Crippen LogP) is 3.84. The Morgan fingerprint density at radius 1 is 1.24 bits per heavy atom. The zero-order valence-electron chi connectivity index (χ0n) is 11.4. The van der Waals surface area contributed by atoms with Crippen molar-refractivity contribution in [3.05, 3.63) is 58.3 Å². The monoisotopic (exact) mass is 351 g/mol. The molecule has 110 valence electrons. The second-order valence-corrected chi connectivity index (χ2v) is 5.22. The molecule has 0 aliphatic heterocycles. The molecule has 0 aliphatic rings. The summed E-state index contributed by atoms with van der Waals surface area (Å²) in [5.74, 6) is -0.225. The molecule has 3 N–H and O–H groups in total. The molecule has 0 amide bonds. The Morgan fingerprint density at radius 3 is 2.38 bits per heavy atom. The van der Waals surface area contributed by atoms with E-state index in [-0.39, 0.29) is 11.7 Å². The highest BCUT2D eigenvalue weighted by molar-refractivity contribution is 9.10. The van der Waals surface area contributed by atoms with E-state index >= 15 is 0 Å². The SMILES string of the molecule is CCN(c1ccc(F)cc1)c1ccc(/C(N)=N/O)c(Br)c1. The molecule has 0 fully saturated rings. The van der Waals surface area contributed by atoms with Gasteiger partial charge in [-0.1, -0.05) is 5.16 Å². The van der Waals surface area contributed by atoms with E-state index < -0.39 is 0 Å². The summed E-state index contributed by atoms with van der Waals surface area (Å²) in [5, 5.41) is 11.7. The standard InChI is InChI=1S/C15H15BrFN3O/c1-2-20(11-5-3-10(17)4-6-11)12-7-8-13(14(16)9-12)15(18)19-21/h3-9,21H,2H2,1H3,(H2,18,19). The summed E-state index contributed by atoms with van der Waals surface area (Å²) in [6.45, 7) is 2.73. The van der Waals surface area contributed by atoms with Crippen molar-refractivity contribution in [1.29, 1.82) is 0 Å². The highest BCUT2D eigenvalue weighted by Crippen LogP contribution is 2.29. The Balaban J connectivity index is 2.39. The fraction of sp³-hybridized carbons (Fsp3) is 0.133. The third-order valence-electron chi connectivity index (χ3n) is 3.10. The van der Waals surface area contributed by atoms with Crippen molar-refractivity contribution < 1.29 is 9.60 Å². The highest BCUT2D eigenvalue weighted by atomic mass is 79.9. The Hall–Kier alpha value is -2.08. The molecule has 0 atom stereocenters. The molecule has 6 heteroatoms. The number of hydrogen-bond acceptors (Lipinski definition) is 3. The molecule has 0 heterocycles. The van der Waals surface area contributed by atoms with Gasteiger partial charge in [0, 0.05) is 28.0 Å². The van der Waals surface area contributed by atoms with Gasteiger partial charge in [0.2, 0.25) is 0 Å². The third-order valence-corrected chi connectivity index (χ3v) is 3.76. The first-order valence-electron chi connectivity index (χ1n) is 6.37. The Morgan fingerprint density at radius 2 is 1.86 bits per heavy atom. The Bertz CT molecular complexity index is 658. The van der Waals surface area contributed by atoms with Crippen molar-refractivity contribution in [1.82, 2.24) is 0 Å². The fourth-order valence-electron chi connectivity index (χ4n) is 2.07. The van der Waals surface area contributed by atoms with Crippen LogP contribution in [0.2, 0.25) is 0 Å². The molecule has 21 heavy (non-hydrogen) atoms. The van der Waals surface area contributed by atoms with Crippen LogP contribution in [0, 0.1) is 5.82 Å². The normalized spacial score (nSPS) is 11.5. The molecule has 0 aromatic heterocycles. The molecule has 4 nitrogen and oxygen atoms in total. The lowest BCUT2D eigenvalue weighted by atomic mass is 10.1. The smallest absolute Gasteiger partial charge is 0.171 e. The van der Waals surface area contributed by atoms with E-state index in [1.54, 1.807) is 18.2 Å². The molecule has 0 spiro atoms. The Labute approximate surface area is 130 Å². The van der Waals surface area contributed by atoms with Gasteiger partial charge in [-0.15, -0.1) is 0 Å². The first kappa shape index (κ1) is 15.3. The summed E-state index contributed by atoms with van der Waals surface area (Å²) < 4.78 is 13.7. The molecule has 0 radical (unpaired) electrons. The van der Waals surface area contributed by atoms with Crippen molar-refractivity contribution in [3.63, 3.8) is 0 Å². The van der Waals surface area contributed by atoms with Crippen molar-refractivity contribution in [3.8, 4) is 0 Å². The second-order valence-electron chi connectivity index (χ2n) is 4.37. The lowest BCUT2D eigenvalue weighted by Gasteiger charge is -2.24. The van der Waals surface area contributed by atoms with E-state index in [1.807, 2.05) is 24.0 Å². The van der Waals surface area contributed by atoms with Gasteiger partial charge in [-0.2, -0.15) is 0 Å². The van der Waals surface area contributed by atoms with Gasteiger partial charge in [-0.3, -0.25) is 0 Å². The van der Waals surface area contributed by atoms with Gasteiger partial charge >= 0.3 is 0 Å². The maximum Gasteiger partial charge on any atom is 0.171 e. The maximum atomic E-state index is 13.0. The topological polar surface area (TPSA) is 61.8 Å². The van der Waals surface area contributed by atoms with Gasteiger partial charge in [-0.25, -0.2) is 4.39 Å². The van der Waals surface area contributed by atoms with E-state index in [1.165, 1.54) is 12.1 Å². The van der Waals surface area contributed by atoms with Crippen molar-refractivity contribution in [2.75, 3.05) is 11.4 Å². The molecule has 2 rings (SSSR count). The maximum absolute atomic E-state index is 13.0. The van der Waals surface area contributed by atoms with E-state index in [4.69, 9.17) is 10.9 Å². The quantitative estimate of drug-likeness (QED) is 0.380. The summed E-state index contributed by atoms with van der Waals surface area (Å²) in [7, 11) is 0. The van der Waals surface area contributed by atoms with Crippen LogP contribution < -0.4 is 10.6 Å². The number of benzene rings is 2. The number of hydrogen-bond donors (Lipinski definition) is 2. The van der Waals surface area contributed by atoms with Gasteiger partial charge in [-0.05, 0) is 65.3 Å². The molecule has 2 aromatic rings. The van der Waals surface area contributed by atoms with Crippen LogP contribution in [0.3, 0.4) is 0 Å². The first-order chi connectivity index (χ1) is 10.1. The summed E-state index contributed by atoms with van der Waals surface area (Å²) in [6, 6.07) is 11.8. The van der Waals surface area contributed by atoms with Crippen molar-refractivity contribution in [2.45, 2.75) is 6.92 Å². The van der Waals surface area contributed by atoms with E-state index in [0.717, 1.165) is 22.4 Å².